The smallest absolute Gasteiger partial charge is 0.253 e. The third kappa shape index (κ3) is 4.16. The summed E-state index contributed by atoms with van der Waals surface area (Å²) in [6.07, 6.45) is 1.62. The van der Waals surface area contributed by atoms with Crippen LogP contribution >= 0.6 is 11.6 Å². The van der Waals surface area contributed by atoms with Crippen LogP contribution in [0.25, 0.3) is 11.3 Å². The largest absolute Gasteiger partial charge is 0.395 e. The molecule has 0 aliphatic carbocycles. The second kappa shape index (κ2) is 8.93. The Morgan fingerprint density at radius 2 is 2.12 bits per heavy atom. The van der Waals surface area contributed by atoms with Crippen molar-refractivity contribution in [2.24, 2.45) is 0 Å². The van der Waals surface area contributed by atoms with E-state index in [0.29, 0.717) is 40.0 Å². The Bertz CT molecular complexity index is 1330. The van der Waals surface area contributed by atoms with Crippen LogP contribution in [0.1, 0.15) is 34.0 Å². The third-order valence-corrected chi connectivity index (χ3v) is 6.34. The van der Waals surface area contributed by atoms with Crippen molar-refractivity contribution < 1.29 is 9.90 Å². The van der Waals surface area contributed by atoms with E-state index in [-0.39, 0.29) is 12.5 Å². The zero-order chi connectivity index (χ0) is 24.6. The van der Waals surface area contributed by atoms with Crippen molar-refractivity contribution in [2.45, 2.75) is 19.3 Å². The molecule has 1 atom stereocenters. The number of hydrogen-bond acceptors (Lipinski definition) is 7. The van der Waals surface area contributed by atoms with Gasteiger partial charge in [0.25, 0.3) is 5.91 Å². The number of nitrogens with one attached hydrogen (secondary N) is 2. The number of aromatic nitrogens is 2. The summed E-state index contributed by atoms with van der Waals surface area (Å²) in [5.74, 6) is 0.175. The first kappa shape index (κ1) is 23.5. The van der Waals surface area contributed by atoms with Gasteiger partial charge in [-0.25, -0.2) is 9.97 Å². The lowest BCUT2D eigenvalue weighted by molar-refractivity contribution is 0.0827. The molecule has 0 saturated heterocycles. The number of amides is 1. The van der Waals surface area contributed by atoms with Crippen molar-refractivity contribution >= 4 is 34.8 Å². The molecule has 0 spiro atoms. The summed E-state index contributed by atoms with van der Waals surface area (Å²) in [5, 5.41) is 26.5. The fourth-order valence-corrected chi connectivity index (χ4v) is 4.25. The Morgan fingerprint density at radius 3 is 2.79 bits per heavy atom. The zero-order valence-corrected chi connectivity index (χ0v) is 20.2. The number of carbonyl (C=O) groups excluding carboxylic acids is 1. The molecule has 3 aromatic rings. The van der Waals surface area contributed by atoms with Gasteiger partial charge in [-0.2, -0.15) is 5.26 Å². The molecular weight excluding hydrogens is 452 g/mol. The van der Waals surface area contributed by atoms with Crippen molar-refractivity contribution in [3.63, 3.8) is 0 Å². The lowest BCUT2D eigenvalue weighted by Gasteiger charge is -2.21. The minimum Gasteiger partial charge on any atom is -0.395 e. The maximum atomic E-state index is 12.6. The summed E-state index contributed by atoms with van der Waals surface area (Å²) in [4.78, 5) is 23.0. The highest BCUT2D eigenvalue weighted by Crippen LogP contribution is 2.41. The van der Waals surface area contributed by atoms with Crippen LogP contribution in [0.3, 0.4) is 0 Å². The summed E-state index contributed by atoms with van der Waals surface area (Å²) in [6.45, 7) is 4.30. The molecule has 1 aromatic heterocycles. The van der Waals surface area contributed by atoms with Crippen molar-refractivity contribution in [2.75, 3.05) is 37.9 Å². The number of rotatable bonds is 5. The molecule has 1 unspecified atom stereocenters. The zero-order valence-electron chi connectivity index (χ0n) is 19.4. The fourth-order valence-electron chi connectivity index (χ4n) is 4.04. The Morgan fingerprint density at radius 1 is 1.35 bits per heavy atom. The van der Waals surface area contributed by atoms with Crippen LogP contribution in [-0.2, 0) is 5.41 Å². The Balaban J connectivity index is 1.73. The maximum Gasteiger partial charge on any atom is 0.253 e. The first-order valence-electron chi connectivity index (χ1n) is 10.7. The second-order valence-electron chi connectivity index (χ2n) is 8.85. The second-order valence-corrected chi connectivity index (χ2v) is 9.28. The maximum absolute atomic E-state index is 12.6. The van der Waals surface area contributed by atoms with Gasteiger partial charge < -0.3 is 20.6 Å². The molecule has 2 heterocycles. The molecule has 2 aromatic carbocycles. The summed E-state index contributed by atoms with van der Waals surface area (Å²) < 4.78 is 0. The molecule has 4 rings (SSSR count). The van der Waals surface area contributed by atoms with Crippen molar-refractivity contribution in [3.05, 3.63) is 63.8 Å². The van der Waals surface area contributed by atoms with Crippen molar-refractivity contribution in [1.82, 2.24) is 14.9 Å². The molecule has 0 bridgehead atoms. The van der Waals surface area contributed by atoms with Crippen molar-refractivity contribution in [3.8, 4) is 17.3 Å². The summed E-state index contributed by atoms with van der Waals surface area (Å²) >= 11 is 6.28. The van der Waals surface area contributed by atoms with Crippen LogP contribution in [0, 0.1) is 18.3 Å². The molecule has 0 saturated carbocycles. The lowest BCUT2D eigenvalue weighted by Crippen LogP contribution is -2.28. The van der Waals surface area contributed by atoms with E-state index in [4.69, 9.17) is 11.6 Å². The average molecular weight is 477 g/mol. The minimum absolute atomic E-state index is 0.0417. The van der Waals surface area contributed by atoms with E-state index >= 15 is 0 Å². The molecule has 1 aliphatic rings. The first-order valence-corrected chi connectivity index (χ1v) is 11.1. The van der Waals surface area contributed by atoms with E-state index in [1.165, 1.54) is 4.90 Å². The van der Waals surface area contributed by atoms with Gasteiger partial charge in [0.15, 0.2) is 0 Å². The van der Waals surface area contributed by atoms with Crippen LogP contribution in [0.15, 0.2) is 36.5 Å². The van der Waals surface area contributed by atoms with Gasteiger partial charge in [-0.05, 0) is 48.4 Å². The number of hydrogen-bond donors (Lipinski definition) is 3. The third-order valence-electron chi connectivity index (χ3n) is 6.12. The van der Waals surface area contributed by atoms with Crippen LogP contribution in [0.4, 0.5) is 17.3 Å². The number of fused-ring (bicyclic) bond motifs is 1. The van der Waals surface area contributed by atoms with Gasteiger partial charge >= 0.3 is 0 Å². The topological polar surface area (TPSA) is 114 Å². The molecule has 0 radical (unpaired) electrons. The normalized spacial score (nSPS) is 16.4. The molecule has 0 fully saturated rings. The Hall–Kier alpha value is -3.67. The molecule has 1 aliphatic heterocycles. The van der Waals surface area contributed by atoms with Gasteiger partial charge in [-0.1, -0.05) is 18.5 Å². The van der Waals surface area contributed by atoms with E-state index in [1.807, 2.05) is 19.9 Å². The highest BCUT2D eigenvalue weighted by Gasteiger charge is 2.36. The predicted molar refractivity (Wildman–Crippen MR) is 133 cm³/mol. The monoisotopic (exact) mass is 476 g/mol. The SMILES string of the molecule is Cc1c(Nc2nccc(-c3cc(C#N)c4c(c3)C(C)(CO)CN4)n2)cc(Cl)cc1C(=O)N(C)C. The van der Waals surface area contributed by atoms with Gasteiger partial charge in [-0.15, -0.1) is 0 Å². The standard InChI is InChI=1S/C25H25ClN6O2/c1-14-18(23(34)32(3)4)9-17(26)10-21(14)31-24-28-6-5-20(30-24)15-7-16(11-27)22-19(8-15)25(2,13-33)12-29-22/h5-10,29,33H,12-13H2,1-4H3,(H,28,30,31). The van der Waals surface area contributed by atoms with Crippen LogP contribution in [0.5, 0.6) is 0 Å². The van der Waals surface area contributed by atoms with E-state index < -0.39 is 5.41 Å². The average Bonchev–Trinajstić information content (AvgIpc) is 3.17. The summed E-state index contributed by atoms with van der Waals surface area (Å²) in [7, 11) is 3.37. The number of carbonyl (C=O) groups is 1. The number of aliphatic hydroxyl groups is 1. The number of nitriles is 1. The van der Waals surface area contributed by atoms with Crippen LogP contribution in [0.2, 0.25) is 5.02 Å². The predicted octanol–water partition coefficient (Wildman–Crippen LogP) is 4.10. The quantitative estimate of drug-likeness (QED) is 0.508. The van der Waals surface area contributed by atoms with E-state index in [0.717, 1.165) is 22.4 Å². The highest BCUT2D eigenvalue weighted by atomic mass is 35.5. The molecule has 174 valence electrons. The Labute approximate surface area is 203 Å². The molecule has 8 nitrogen and oxygen atoms in total. The van der Waals surface area contributed by atoms with Gasteiger partial charge in [0, 0.05) is 54.1 Å². The number of benzene rings is 2. The van der Waals surface area contributed by atoms with Crippen LogP contribution in [-0.4, -0.2) is 53.1 Å². The van der Waals surface area contributed by atoms with Gasteiger partial charge in [0.1, 0.15) is 6.07 Å². The molecular formula is C25H25ClN6O2. The van der Waals surface area contributed by atoms with E-state index in [9.17, 15) is 15.2 Å². The fraction of sp³-hybridized carbons (Fsp3) is 0.280. The van der Waals surface area contributed by atoms with Crippen molar-refractivity contribution in [1.29, 1.82) is 5.26 Å². The number of nitrogens with zero attached hydrogens (tertiary/aromatic N) is 4. The molecule has 9 heteroatoms. The van der Waals surface area contributed by atoms with E-state index in [1.54, 1.807) is 44.6 Å². The van der Waals surface area contributed by atoms with Crippen LogP contribution < -0.4 is 10.6 Å². The van der Waals surface area contributed by atoms with E-state index in [2.05, 4.69) is 26.7 Å². The van der Waals surface area contributed by atoms with Gasteiger partial charge in [-0.3, -0.25) is 4.79 Å². The molecule has 1 amide bonds. The molecule has 34 heavy (non-hydrogen) atoms. The number of halogens is 1. The summed E-state index contributed by atoms with van der Waals surface area (Å²) in [5.41, 5.74) is 4.85. The highest BCUT2D eigenvalue weighted by molar-refractivity contribution is 6.31. The number of anilines is 3. The molecule has 3 N–H and O–H groups in total. The summed E-state index contributed by atoms with van der Waals surface area (Å²) in [6, 6.07) is 11.1. The Kier molecular flexibility index (Phi) is 6.17. The van der Waals surface area contributed by atoms with Gasteiger partial charge in [0.05, 0.1) is 23.6 Å². The van der Waals surface area contributed by atoms with Gasteiger partial charge in [0.2, 0.25) is 5.95 Å². The minimum atomic E-state index is -0.488. The lowest BCUT2D eigenvalue weighted by atomic mass is 9.83. The number of aliphatic hydroxyl groups excluding tert-OH is 1. The first-order chi connectivity index (χ1) is 16.2.